The van der Waals surface area contributed by atoms with Crippen molar-refractivity contribution in [2.75, 3.05) is 0 Å². The van der Waals surface area contributed by atoms with E-state index in [0.717, 1.165) is 11.3 Å². The molecule has 1 aromatic heterocycles. The third-order valence-corrected chi connectivity index (χ3v) is 4.35. The highest BCUT2D eigenvalue weighted by Gasteiger charge is 2.46. The second-order valence-corrected chi connectivity index (χ2v) is 6.25. The van der Waals surface area contributed by atoms with Crippen LogP contribution in [0.1, 0.15) is 37.6 Å². The molecule has 1 aliphatic rings. The van der Waals surface area contributed by atoms with Crippen LogP contribution in [0.5, 0.6) is 0 Å². The fourth-order valence-electron chi connectivity index (χ4n) is 2.75. The number of carboxylic acid groups (broad SMARTS) is 1. The lowest BCUT2D eigenvalue weighted by atomic mass is 9.81. The molecule has 0 spiro atoms. The molecule has 4 heteroatoms. The second-order valence-electron chi connectivity index (χ2n) is 5.33. The van der Waals surface area contributed by atoms with E-state index in [2.05, 4.69) is 32.2 Å². The summed E-state index contributed by atoms with van der Waals surface area (Å²) in [5.41, 5.74) is 0.319. The van der Waals surface area contributed by atoms with E-state index >= 15 is 0 Å². The lowest BCUT2D eigenvalue weighted by molar-refractivity contribution is -0.146. The van der Waals surface area contributed by atoms with Gasteiger partial charge in [-0.25, -0.2) is 4.79 Å². The summed E-state index contributed by atoms with van der Waals surface area (Å²) in [6.07, 6.45) is 1.56. The standard InChI is InChI=1S/C13H19NO2S/c1-8(2)7-13(12(15)16)11-10(4-5-17-11)6-9(3)14-13/h4-5,8-9,14H,6-7H2,1-3H3,(H,15,16)/t9-,13-/m0/s1. The number of rotatable bonds is 3. The van der Waals surface area contributed by atoms with Gasteiger partial charge in [-0.15, -0.1) is 11.3 Å². The van der Waals surface area contributed by atoms with Gasteiger partial charge < -0.3 is 5.11 Å². The molecule has 2 N–H and O–H groups in total. The van der Waals surface area contributed by atoms with Gasteiger partial charge in [0.2, 0.25) is 0 Å². The van der Waals surface area contributed by atoms with Crippen LogP contribution < -0.4 is 5.32 Å². The quantitative estimate of drug-likeness (QED) is 0.870. The number of carbonyl (C=O) groups is 1. The number of carboxylic acids is 1. The fourth-order valence-corrected chi connectivity index (χ4v) is 3.85. The van der Waals surface area contributed by atoms with E-state index in [-0.39, 0.29) is 6.04 Å². The summed E-state index contributed by atoms with van der Waals surface area (Å²) in [6, 6.07) is 2.28. The Kier molecular flexibility index (Phi) is 3.27. The Labute approximate surface area is 106 Å². The fraction of sp³-hybridized carbons (Fsp3) is 0.615. The molecule has 94 valence electrons. The Hall–Kier alpha value is -0.870. The highest BCUT2D eigenvalue weighted by atomic mass is 32.1. The largest absolute Gasteiger partial charge is 0.480 e. The van der Waals surface area contributed by atoms with E-state index in [1.54, 1.807) is 11.3 Å². The highest BCUT2D eigenvalue weighted by Crippen LogP contribution is 2.39. The summed E-state index contributed by atoms with van der Waals surface area (Å²) >= 11 is 1.56. The van der Waals surface area contributed by atoms with Crippen molar-refractivity contribution in [3.63, 3.8) is 0 Å². The first-order valence-corrected chi connectivity index (χ1v) is 6.91. The molecule has 0 saturated heterocycles. The van der Waals surface area contributed by atoms with Crippen LogP contribution in [0, 0.1) is 5.92 Å². The van der Waals surface area contributed by atoms with Gasteiger partial charge in [0.25, 0.3) is 0 Å². The molecule has 2 atom stereocenters. The summed E-state index contributed by atoms with van der Waals surface area (Å²) in [5, 5.41) is 15.0. The average Bonchev–Trinajstić information content (AvgIpc) is 2.64. The Morgan fingerprint density at radius 3 is 3.00 bits per heavy atom. The van der Waals surface area contributed by atoms with Crippen LogP contribution in [0.25, 0.3) is 0 Å². The zero-order valence-corrected chi connectivity index (χ0v) is 11.3. The first-order chi connectivity index (χ1) is 7.95. The van der Waals surface area contributed by atoms with Crippen LogP contribution in [-0.2, 0) is 16.8 Å². The summed E-state index contributed by atoms with van der Waals surface area (Å²) in [4.78, 5) is 12.8. The van der Waals surface area contributed by atoms with Gasteiger partial charge in [0.05, 0.1) is 0 Å². The van der Waals surface area contributed by atoms with Crippen LogP contribution in [0.2, 0.25) is 0 Å². The molecular formula is C13H19NO2S. The summed E-state index contributed by atoms with van der Waals surface area (Å²) in [6.45, 7) is 6.19. The van der Waals surface area contributed by atoms with Crippen molar-refractivity contribution in [1.29, 1.82) is 0 Å². The third-order valence-electron chi connectivity index (χ3n) is 3.23. The first-order valence-electron chi connectivity index (χ1n) is 6.03. The Morgan fingerprint density at radius 2 is 2.41 bits per heavy atom. The maximum absolute atomic E-state index is 11.8. The molecule has 3 nitrogen and oxygen atoms in total. The minimum atomic E-state index is -0.880. The molecule has 0 aliphatic carbocycles. The molecule has 2 heterocycles. The molecular weight excluding hydrogens is 234 g/mol. The lowest BCUT2D eigenvalue weighted by Crippen LogP contribution is -2.56. The SMILES string of the molecule is CC(C)C[C@]1(C(=O)O)N[C@@H](C)Cc2ccsc21. The minimum absolute atomic E-state index is 0.215. The third kappa shape index (κ3) is 2.11. The van der Waals surface area contributed by atoms with Crippen molar-refractivity contribution in [2.45, 2.75) is 45.2 Å². The zero-order valence-electron chi connectivity index (χ0n) is 10.5. The van der Waals surface area contributed by atoms with Crippen molar-refractivity contribution in [1.82, 2.24) is 5.32 Å². The molecule has 0 amide bonds. The van der Waals surface area contributed by atoms with Gasteiger partial charge in [-0.2, -0.15) is 0 Å². The second kappa shape index (κ2) is 4.42. The van der Waals surface area contributed by atoms with Gasteiger partial charge in [-0.05, 0) is 42.7 Å². The number of hydrogen-bond donors (Lipinski definition) is 2. The van der Waals surface area contributed by atoms with Crippen molar-refractivity contribution < 1.29 is 9.90 Å². The van der Waals surface area contributed by atoms with Crippen molar-refractivity contribution in [3.8, 4) is 0 Å². The van der Waals surface area contributed by atoms with Crippen molar-refractivity contribution in [2.24, 2.45) is 5.92 Å². The molecule has 1 aliphatic heterocycles. The summed E-state index contributed by atoms with van der Waals surface area (Å²) in [5.74, 6) is -0.402. The van der Waals surface area contributed by atoms with Crippen LogP contribution in [0.15, 0.2) is 11.4 Å². The predicted molar refractivity (Wildman–Crippen MR) is 69.4 cm³/mol. The minimum Gasteiger partial charge on any atom is -0.480 e. The summed E-state index contributed by atoms with van der Waals surface area (Å²) in [7, 11) is 0. The number of fused-ring (bicyclic) bond motifs is 1. The number of hydrogen-bond acceptors (Lipinski definition) is 3. The van der Waals surface area contributed by atoms with E-state index in [1.165, 1.54) is 5.56 Å². The smallest absolute Gasteiger partial charge is 0.329 e. The van der Waals surface area contributed by atoms with Crippen molar-refractivity contribution >= 4 is 17.3 Å². The highest BCUT2D eigenvalue weighted by molar-refractivity contribution is 7.10. The van der Waals surface area contributed by atoms with Crippen LogP contribution in [0.4, 0.5) is 0 Å². The summed E-state index contributed by atoms with van der Waals surface area (Å²) < 4.78 is 0. The molecule has 0 fully saturated rings. The van der Waals surface area contributed by atoms with Crippen molar-refractivity contribution in [3.05, 3.63) is 21.9 Å². The Balaban J connectivity index is 2.49. The molecule has 0 bridgehead atoms. The number of nitrogens with one attached hydrogen (secondary N) is 1. The van der Waals surface area contributed by atoms with Crippen LogP contribution in [0.3, 0.4) is 0 Å². The zero-order chi connectivity index (χ0) is 12.6. The maximum Gasteiger partial charge on any atom is 0.329 e. The predicted octanol–water partition coefficient (Wildman–Crippen LogP) is 2.61. The molecule has 1 aromatic rings. The number of aliphatic carboxylic acids is 1. The van der Waals surface area contributed by atoms with Gasteiger partial charge >= 0.3 is 5.97 Å². The molecule has 0 unspecified atom stereocenters. The molecule has 0 aromatic carbocycles. The lowest BCUT2D eigenvalue weighted by Gasteiger charge is -2.39. The van der Waals surface area contributed by atoms with E-state index in [1.807, 2.05) is 5.38 Å². The maximum atomic E-state index is 11.8. The average molecular weight is 253 g/mol. The van der Waals surface area contributed by atoms with Gasteiger partial charge in [0, 0.05) is 10.9 Å². The van der Waals surface area contributed by atoms with E-state index in [4.69, 9.17) is 0 Å². The van der Waals surface area contributed by atoms with Gasteiger partial charge in [-0.1, -0.05) is 13.8 Å². The topological polar surface area (TPSA) is 49.3 Å². The molecule has 0 saturated carbocycles. The van der Waals surface area contributed by atoms with Gasteiger partial charge in [0.1, 0.15) is 0 Å². The van der Waals surface area contributed by atoms with Crippen LogP contribution >= 0.6 is 11.3 Å². The monoisotopic (exact) mass is 253 g/mol. The first kappa shape index (κ1) is 12.6. The van der Waals surface area contributed by atoms with Gasteiger partial charge in [-0.3, -0.25) is 5.32 Å². The Bertz CT molecular complexity index is 427. The Morgan fingerprint density at radius 1 is 1.71 bits per heavy atom. The van der Waals surface area contributed by atoms with E-state index in [0.29, 0.717) is 12.3 Å². The normalized spacial score (nSPS) is 28.1. The molecule has 0 radical (unpaired) electrons. The number of thiophene rings is 1. The van der Waals surface area contributed by atoms with E-state index in [9.17, 15) is 9.90 Å². The van der Waals surface area contributed by atoms with Gasteiger partial charge in [0.15, 0.2) is 5.54 Å². The van der Waals surface area contributed by atoms with Crippen LogP contribution in [-0.4, -0.2) is 17.1 Å². The van der Waals surface area contributed by atoms with E-state index < -0.39 is 11.5 Å². The molecule has 17 heavy (non-hydrogen) atoms. The molecule has 2 rings (SSSR count).